The largest absolute Gasteiger partial charge is 0.472 e. The van der Waals surface area contributed by atoms with Crippen molar-refractivity contribution in [1.29, 1.82) is 0 Å². The highest BCUT2D eigenvalue weighted by Gasteiger charge is 2.47. The second-order valence-corrected chi connectivity index (χ2v) is 13.9. The Balaban J connectivity index is 1.14. The molecule has 2 aromatic rings. The van der Waals surface area contributed by atoms with Crippen molar-refractivity contribution in [1.82, 2.24) is 9.80 Å². The van der Waals surface area contributed by atoms with E-state index in [0.717, 1.165) is 31.1 Å². The highest BCUT2D eigenvalue weighted by Crippen LogP contribution is 2.49. The van der Waals surface area contributed by atoms with Gasteiger partial charge in [-0.1, -0.05) is 20.8 Å². The molecule has 1 N–H and O–H groups in total. The van der Waals surface area contributed by atoms with Gasteiger partial charge in [-0.3, -0.25) is 9.80 Å². The topological polar surface area (TPSA) is 53.0 Å². The minimum atomic E-state index is -0.384. The lowest BCUT2D eigenvalue weighted by Crippen LogP contribution is -2.58. The smallest absolute Gasteiger partial charge is 0.120 e. The number of furan rings is 2. The monoisotopic (exact) mass is 512 g/mol. The molecule has 6 heterocycles. The summed E-state index contributed by atoms with van der Waals surface area (Å²) in [6.07, 6.45) is 16.8. The molecular weight excluding hydrogens is 468 g/mol. The van der Waals surface area contributed by atoms with Gasteiger partial charge in [-0.05, 0) is 80.8 Å². The number of aliphatic hydroxyl groups excluding tert-OH is 1. The van der Waals surface area contributed by atoms with Crippen LogP contribution >= 0.6 is 11.8 Å². The minimum absolute atomic E-state index is 0.274. The molecule has 0 spiro atoms. The first-order chi connectivity index (χ1) is 17.4. The Morgan fingerprint density at radius 3 is 2.25 bits per heavy atom. The third-order valence-corrected chi connectivity index (χ3v) is 11.9. The standard InChI is InChI=1S/C30H44N2O3S/c1-20-4-6-26(22-11-14-34-16-22)31-18-30(3,13-10-24(20)31)19-36-28-9-8-25-21(2)5-7-27(32(25)29(28)33)23-12-15-35-17-23/h11-12,14-17,20-21,24-29,33H,4-10,13,18-19H2,1-3H3/t20-,21-,24+,25+,26?,27+,28+,29-,30-/m1/s1. The van der Waals surface area contributed by atoms with Crippen molar-refractivity contribution in [2.45, 2.75) is 108 Å². The zero-order chi connectivity index (χ0) is 24.9. The maximum absolute atomic E-state index is 11.7. The van der Waals surface area contributed by atoms with Gasteiger partial charge in [-0.25, -0.2) is 0 Å². The van der Waals surface area contributed by atoms with Gasteiger partial charge < -0.3 is 13.9 Å². The number of hydrogen-bond donors (Lipinski definition) is 1. The van der Waals surface area contributed by atoms with Crippen LogP contribution in [0, 0.1) is 17.3 Å². The lowest BCUT2D eigenvalue weighted by molar-refractivity contribution is -0.113. The molecule has 0 amide bonds. The third-order valence-electron chi connectivity index (χ3n) is 10.2. The van der Waals surface area contributed by atoms with Gasteiger partial charge in [-0.2, -0.15) is 11.8 Å². The fraction of sp³-hybridized carbons (Fsp3) is 0.733. The molecule has 4 aliphatic rings. The lowest BCUT2D eigenvalue weighted by Gasteiger charge is -2.54. The maximum atomic E-state index is 11.7. The number of aliphatic hydroxyl groups is 1. The summed E-state index contributed by atoms with van der Waals surface area (Å²) in [6, 6.07) is 6.19. The number of hydrogen-bond acceptors (Lipinski definition) is 6. The first-order valence-electron chi connectivity index (χ1n) is 14.3. The minimum Gasteiger partial charge on any atom is -0.472 e. The molecule has 4 fully saturated rings. The SMILES string of the molecule is C[C@@H]1CCC(c2ccoc2)N2C[C@](C)(CS[C@H]3CC[C@H]4[C@H](C)CC[C@@H](c5ccoc5)N4[C@@H]3O)CC[C@@H]12. The van der Waals surface area contributed by atoms with Crippen molar-refractivity contribution >= 4 is 11.8 Å². The Kier molecular flexibility index (Phi) is 7.08. The van der Waals surface area contributed by atoms with E-state index in [1.165, 1.54) is 49.7 Å². The first-order valence-corrected chi connectivity index (χ1v) is 15.4. The molecule has 1 unspecified atom stereocenters. The fourth-order valence-corrected chi connectivity index (χ4v) is 9.50. The van der Waals surface area contributed by atoms with Crippen LogP contribution in [0.2, 0.25) is 0 Å². The molecule has 0 bridgehead atoms. The Bertz CT molecular complexity index is 981. The Morgan fingerprint density at radius 1 is 0.889 bits per heavy atom. The molecule has 4 saturated heterocycles. The van der Waals surface area contributed by atoms with E-state index >= 15 is 0 Å². The summed E-state index contributed by atoms with van der Waals surface area (Å²) in [7, 11) is 0. The van der Waals surface area contributed by atoms with E-state index in [-0.39, 0.29) is 22.9 Å². The zero-order valence-corrected chi connectivity index (χ0v) is 23.0. The highest BCUT2D eigenvalue weighted by molar-refractivity contribution is 8.00. The van der Waals surface area contributed by atoms with E-state index in [2.05, 4.69) is 42.7 Å². The van der Waals surface area contributed by atoms with Crippen molar-refractivity contribution in [3.05, 3.63) is 48.3 Å². The van der Waals surface area contributed by atoms with E-state index in [1.807, 2.05) is 30.6 Å². The molecule has 2 aromatic heterocycles. The summed E-state index contributed by atoms with van der Waals surface area (Å²) in [5.41, 5.74) is 2.85. The van der Waals surface area contributed by atoms with E-state index in [4.69, 9.17) is 8.83 Å². The van der Waals surface area contributed by atoms with Crippen LogP contribution in [-0.4, -0.2) is 50.8 Å². The first kappa shape index (κ1) is 25.1. The van der Waals surface area contributed by atoms with Crippen molar-refractivity contribution in [3.63, 3.8) is 0 Å². The summed E-state index contributed by atoms with van der Waals surface area (Å²) in [4.78, 5) is 5.28. The fourth-order valence-electron chi connectivity index (χ4n) is 8.03. The number of rotatable bonds is 5. The third kappa shape index (κ3) is 4.61. The van der Waals surface area contributed by atoms with Crippen LogP contribution in [0.4, 0.5) is 0 Å². The molecule has 6 heteroatoms. The van der Waals surface area contributed by atoms with Gasteiger partial charge in [0, 0.05) is 52.8 Å². The Hall–Kier alpha value is -1.21. The van der Waals surface area contributed by atoms with Gasteiger partial charge >= 0.3 is 0 Å². The van der Waals surface area contributed by atoms with Gasteiger partial charge in [0.25, 0.3) is 0 Å². The van der Waals surface area contributed by atoms with Crippen LogP contribution in [0.25, 0.3) is 0 Å². The summed E-state index contributed by atoms with van der Waals surface area (Å²) >= 11 is 2.05. The van der Waals surface area contributed by atoms with Crippen LogP contribution in [-0.2, 0) is 0 Å². The van der Waals surface area contributed by atoms with Gasteiger partial charge in [0.05, 0.1) is 25.1 Å². The summed E-state index contributed by atoms with van der Waals surface area (Å²) in [5, 5.41) is 12.0. The number of thioether (sulfide) groups is 1. The van der Waals surface area contributed by atoms with Crippen LogP contribution in [0.3, 0.4) is 0 Å². The normalized spacial score (nSPS) is 42.1. The van der Waals surface area contributed by atoms with Crippen molar-refractivity contribution < 1.29 is 13.9 Å². The van der Waals surface area contributed by atoms with Crippen molar-refractivity contribution in [2.75, 3.05) is 12.3 Å². The molecule has 198 valence electrons. The molecular formula is C30H44N2O3S. The summed E-state index contributed by atoms with van der Waals surface area (Å²) in [6.45, 7) is 8.47. The molecule has 9 atom stereocenters. The molecule has 0 radical (unpaired) electrons. The molecule has 0 aromatic carbocycles. The Labute approximate surface area is 221 Å². The van der Waals surface area contributed by atoms with Gasteiger partial charge in [0.2, 0.25) is 0 Å². The van der Waals surface area contributed by atoms with Gasteiger partial charge in [0.1, 0.15) is 6.23 Å². The van der Waals surface area contributed by atoms with Crippen LogP contribution in [0.5, 0.6) is 0 Å². The van der Waals surface area contributed by atoms with E-state index in [9.17, 15) is 5.11 Å². The van der Waals surface area contributed by atoms with Gasteiger partial charge in [0.15, 0.2) is 0 Å². The van der Waals surface area contributed by atoms with Crippen LogP contribution < -0.4 is 0 Å². The summed E-state index contributed by atoms with van der Waals surface area (Å²) in [5.74, 6) is 2.53. The van der Waals surface area contributed by atoms with E-state index in [0.29, 0.717) is 24.0 Å². The van der Waals surface area contributed by atoms with E-state index in [1.54, 1.807) is 6.26 Å². The average Bonchev–Trinajstić information content (AvgIpc) is 3.59. The van der Waals surface area contributed by atoms with Crippen LogP contribution in [0.15, 0.2) is 46.0 Å². The van der Waals surface area contributed by atoms with Crippen molar-refractivity contribution in [3.8, 4) is 0 Å². The molecule has 5 nitrogen and oxygen atoms in total. The van der Waals surface area contributed by atoms with Gasteiger partial charge in [-0.15, -0.1) is 0 Å². The molecule has 0 saturated carbocycles. The predicted molar refractivity (Wildman–Crippen MR) is 145 cm³/mol. The van der Waals surface area contributed by atoms with E-state index < -0.39 is 0 Å². The lowest BCUT2D eigenvalue weighted by atomic mass is 9.73. The Morgan fingerprint density at radius 2 is 1.56 bits per heavy atom. The van der Waals surface area contributed by atoms with Crippen molar-refractivity contribution in [2.24, 2.45) is 17.3 Å². The quantitative estimate of drug-likeness (QED) is 0.472. The predicted octanol–water partition coefficient (Wildman–Crippen LogP) is 6.87. The molecule has 6 rings (SSSR count). The number of nitrogens with zero attached hydrogens (tertiary/aromatic N) is 2. The molecule has 36 heavy (non-hydrogen) atoms. The highest BCUT2D eigenvalue weighted by atomic mass is 32.2. The van der Waals surface area contributed by atoms with Crippen LogP contribution in [0.1, 0.15) is 95.3 Å². The molecule has 4 aliphatic heterocycles. The average molecular weight is 513 g/mol. The second kappa shape index (κ2) is 10.2. The summed E-state index contributed by atoms with van der Waals surface area (Å²) < 4.78 is 10.9. The number of fused-ring (bicyclic) bond motifs is 2. The zero-order valence-electron chi connectivity index (χ0n) is 22.2. The maximum Gasteiger partial charge on any atom is 0.120 e. The number of piperidine rings is 4. The second-order valence-electron chi connectivity index (χ2n) is 12.7. The molecule has 0 aliphatic carbocycles.